The van der Waals surface area contributed by atoms with Crippen LogP contribution in [0.1, 0.15) is 21.2 Å². The number of carbonyl (C=O) groups excluding carboxylic acids is 1. The van der Waals surface area contributed by atoms with Crippen molar-refractivity contribution in [3.63, 3.8) is 0 Å². The van der Waals surface area contributed by atoms with Crippen LogP contribution in [0.25, 0.3) is 0 Å². The number of nitrogens with zero attached hydrogens (tertiary/aromatic N) is 2. The SMILES string of the molecule is N#CC(C(=O)c1ccc([N+](=O)[O-])s1)c1ccc(Br)cc1. The summed E-state index contributed by atoms with van der Waals surface area (Å²) in [5.41, 5.74) is 0.566. The Balaban J connectivity index is 2.31. The van der Waals surface area contributed by atoms with Gasteiger partial charge in [-0.05, 0) is 23.8 Å². The second-order valence-corrected chi connectivity index (χ2v) is 5.85. The summed E-state index contributed by atoms with van der Waals surface area (Å²) in [5, 5.41) is 19.7. The van der Waals surface area contributed by atoms with E-state index in [1.807, 2.05) is 6.07 Å². The molecule has 2 aromatic rings. The molecule has 0 fully saturated rings. The molecule has 5 nitrogen and oxygen atoms in total. The highest BCUT2D eigenvalue weighted by molar-refractivity contribution is 9.10. The number of hydrogen-bond acceptors (Lipinski definition) is 5. The van der Waals surface area contributed by atoms with Crippen LogP contribution < -0.4 is 0 Å². The van der Waals surface area contributed by atoms with Crippen molar-refractivity contribution in [2.45, 2.75) is 5.92 Å². The molecule has 0 aliphatic rings. The van der Waals surface area contributed by atoms with Crippen LogP contribution in [-0.4, -0.2) is 10.7 Å². The number of Topliss-reactive ketones (excluding diaryl/α,β-unsaturated/α-hetero) is 1. The minimum Gasteiger partial charge on any atom is -0.291 e. The summed E-state index contributed by atoms with van der Waals surface area (Å²) in [4.78, 5) is 22.5. The van der Waals surface area contributed by atoms with Crippen molar-refractivity contribution in [3.05, 3.63) is 61.4 Å². The number of nitro groups is 1. The van der Waals surface area contributed by atoms with Crippen LogP contribution in [0.2, 0.25) is 0 Å². The normalized spacial score (nSPS) is 11.6. The fraction of sp³-hybridized carbons (Fsp3) is 0.0769. The lowest BCUT2D eigenvalue weighted by Crippen LogP contribution is -2.09. The van der Waals surface area contributed by atoms with Gasteiger partial charge in [-0.1, -0.05) is 39.4 Å². The van der Waals surface area contributed by atoms with E-state index < -0.39 is 16.6 Å². The summed E-state index contributed by atoms with van der Waals surface area (Å²) in [7, 11) is 0. The zero-order valence-corrected chi connectivity index (χ0v) is 12.3. The number of rotatable bonds is 4. The van der Waals surface area contributed by atoms with Crippen LogP contribution in [0.4, 0.5) is 5.00 Å². The largest absolute Gasteiger partial charge is 0.324 e. The molecule has 0 amide bonds. The average molecular weight is 351 g/mol. The Labute approximate surface area is 126 Å². The first-order valence-corrected chi connectivity index (χ1v) is 7.07. The van der Waals surface area contributed by atoms with E-state index >= 15 is 0 Å². The molecular weight excluding hydrogens is 344 g/mol. The van der Waals surface area contributed by atoms with Crippen molar-refractivity contribution >= 4 is 38.1 Å². The van der Waals surface area contributed by atoms with Crippen LogP contribution in [-0.2, 0) is 0 Å². The predicted octanol–water partition coefficient (Wildman–Crippen LogP) is 3.91. The van der Waals surface area contributed by atoms with E-state index in [1.54, 1.807) is 24.3 Å². The van der Waals surface area contributed by atoms with Gasteiger partial charge in [-0.25, -0.2) is 0 Å². The molecule has 0 spiro atoms. The molecule has 1 aromatic heterocycles. The Bertz CT molecular complexity index is 703. The Morgan fingerprint density at radius 2 is 1.95 bits per heavy atom. The molecule has 0 bridgehead atoms. The van der Waals surface area contributed by atoms with Crippen molar-refractivity contribution in [3.8, 4) is 6.07 Å². The molecule has 1 atom stereocenters. The third-order valence-corrected chi connectivity index (χ3v) is 4.19. The van der Waals surface area contributed by atoms with E-state index in [9.17, 15) is 20.2 Å². The lowest BCUT2D eigenvalue weighted by molar-refractivity contribution is -0.380. The Morgan fingerprint density at radius 1 is 1.30 bits per heavy atom. The van der Waals surface area contributed by atoms with Gasteiger partial charge in [0, 0.05) is 10.5 Å². The number of ketones is 1. The van der Waals surface area contributed by atoms with Gasteiger partial charge in [0.25, 0.3) is 0 Å². The first-order chi connectivity index (χ1) is 9.52. The van der Waals surface area contributed by atoms with E-state index in [0.29, 0.717) is 5.56 Å². The van der Waals surface area contributed by atoms with E-state index in [-0.39, 0.29) is 9.88 Å². The minimum absolute atomic E-state index is 0.110. The topological polar surface area (TPSA) is 84.0 Å². The first-order valence-electron chi connectivity index (χ1n) is 5.46. The number of carbonyl (C=O) groups is 1. The van der Waals surface area contributed by atoms with Gasteiger partial charge in [-0.15, -0.1) is 0 Å². The van der Waals surface area contributed by atoms with Gasteiger partial charge in [-0.2, -0.15) is 5.26 Å². The standard InChI is InChI=1S/C13H7BrN2O3S/c14-9-3-1-8(2-4-9)10(7-15)13(17)11-5-6-12(20-11)16(18)19/h1-6,10H. The van der Waals surface area contributed by atoms with Crippen LogP contribution in [0, 0.1) is 21.4 Å². The smallest absolute Gasteiger partial charge is 0.291 e. The molecular formula is C13H7BrN2O3S. The molecule has 1 heterocycles. The molecule has 0 saturated carbocycles. The van der Waals surface area contributed by atoms with Crippen molar-refractivity contribution in [2.75, 3.05) is 0 Å². The molecule has 100 valence electrons. The Morgan fingerprint density at radius 3 is 2.45 bits per heavy atom. The summed E-state index contributed by atoms with van der Waals surface area (Å²) < 4.78 is 0.845. The maximum Gasteiger partial charge on any atom is 0.324 e. The van der Waals surface area contributed by atoms with Gasteiger partial charge in [0.15, 0.2) is 5.78 Å². The molecule has 0 aliphatic carbocycles. The van der Waals surface area contributed by atoms with Crippen molar-refractivity contribution < 1.29 is 9.72 Å². The number of hydrogen-bond donors (Lipinski definition) is 0. The molecule has 20 heavy (non-hydrogen) atoms. The summed E-state index contributed by atoms with van der Waals surface area (Å²) >= 11 is 4.06. The maximum absolute atomic E-state index is 12.3. The molecule has 7 heteroatoms. The number of benzene rings is 1. The van der Waals surface area contributed by atoms with E-state index in [1.165, 1.54) is 12.1 Å². The maximum atomic E-state index is 12.3. The average Bonchev–Trinajstić information content (AvgIpc) is 2.91. The number of halogens is 1. The van der Waals surface area contributed by atoms with Crippen molar-refractivity contribution in [1.29, 1.82) is 5.26 Å². The van der Waals surface area contributed by atoms with E-state index in [0.717, 1.165) is 15.8 Å². The fourth-order valence-electron chi connectivity index (χ4n) is 1.64. The molecule has 0 saturated heterocycles. The van der Waals surface area contributed by atoms with Gasteiger partial charge < -0.3 is 0 Å². The van der Waals surface area contributed by atoms with Gasteiger partial charge in [0.1, 0.15) is 5.92 Å². The minimum atomic E-state index is -0.957. The highest BCUT2D eigenvalue weighted by Gasteiger charge is 2.25. The molecule has 2 rings (SSSR count). The molecule has 1 aromatic carbocycles. The lowest BCUT2D eigenvalue weighted by Gasteiger charge is -2.06. The monoisotopic (exact) mass is 350 g/mol. The quantitative estimate of drug-likeness (QED) is 0.475. The van der Waals surface area contributed by atoms with Crippen LogP contribution in [0.3, 0.4) is 0 Å². The first kappa shape index (κ1) is 14.4. The van der Waals surface area contributed by atoms with Gasteiger partial charge in [0.2, 0.25) is 0 Å². The Kier molecular flexibility index (Phi) is 4.27. The van der Waals surface area contributed by atoms with E-state index in [2.05, 4.69) is 15.9 Å². The second kappa shape index (κ2) is 5.94. The van der Waals surface area contributed by atoms with Gasteiger partial charge in [-0.3, -0.25) is 14.9 Å². The summed E-state index contributed by atoms with van der Waals surface area (Å²) in [6.45, 7) is 0. The summed E-state index contributed by atoms with van der Waals surface area (Å²) in [5.74, 6) is -1.38. The molecule has 0 radical (unpaired) electrons. The highest BCUT2D eigenvalue weighted by atomic mass is 79.9. The number of thiophene rings is 1. The molecule has 1 unspecified atom stereocenters. The van der Waals surface area contributed by atoms with Crippen LogP contribution in [0.15, 0.2) is 40.9 Å². The van der Waals surface area contributed by atoms with E-state index in [4.69, 9.17) is 0 Å². The predicted molar refractivity (Wildman–Crippen MR) is 77.8 cm³/mol. The highest BCUT2D eigenvalue weighted by Crippen LogP contribution is 2.29. The number of nitriles is 1. The third-order valence-electron chi connectivity index (χ3n) is 2.61. The third kappa shape index (κ3) is 2.92. The van der Waals surface area contributed by atoms with Crippen molar-refractivity contribution in [1.82, 2.24) is 0 Å². The van der Waals surface area contributed by atoms with Gasteiger partial charge >= 0.3 is 5.00 Å². The zero-order chi connectivity index (χ0) is 14.7. The van der Waals surface area contributed by atoms with Crippen LogP contribution in [0.5, 0.6) is 0 Å². The lowest BCUT2D eigenvalue weighted by atomic mass is 9.95. The fourth-order valence-corrected chi connectivity index (χ4v) is 2.70. The van der Waals surface area contributed by atoms with Crippen LogP contribution >= 0.6 is 27.3 Å². The summed E-state index contributed by atoms with van der Waals surface area (Å²) in [6, 6.07) is 11.4. The zero-order valence-electron chi connectivity index (χ0n) is 9.95. The molecule has 0 aliphatic heterocycles. The van der Waals surface area contributed by atoms with Gasteiger partial charge in [0.05, 0.1) is 15.9 Å². The Hall–Kier alpha value is -2.04. The van der Waals surface area contributed by atoms with Crippen molar-refractivity contribution in [2.24, 2.45) is 0 Å². The summed E-state index contributed by atoms with van der Waals surface area (Å²) in [6.07, 6.45) is 0. The second-order valence-electron chi connectivity index (χ2n) is 3.87. The molecule has 0 N–H and O–H groups in total.